The first-order valence-corrected chi connectivity index (χ1v) is 9.69. The van der Waals surface area contributed by atoms with E-state index in [0.717, 1.165) is 18.5 Å². The van der Waals surface area contributed by atoms with E-state index in [-0.39, 0.29) is 17.0 Å². The minimum atomic E-state index is -0.646. The van der Waals surface area contributed by atoms with E-state index in [1.807, 2.05) is 12.1 Å². The van der Waals surface area contributed by atoms with Gasteiger partial charge in [0.1, 0.15) is 0 Å². The average molecular weight is 396 g/mol. The van der Waals surface area contributed by atoms with Gasteiger partial charge in [0.25, 0.3) is 0 Å². The van der Waals surface area contributed by atoms with Crippen molar-refractivity contribution in [3.05, 3.63) is 59.7 Å². The highest BCUT2D eigenvalue weighted by Crippen LogP contribution is 2.46. The van der Waals surface area contributed by atoms with E-state index in [2.05, 4.69) is 16.9 Å². The van der Waals surface area contributed by atoms with Crippen LogP contribution in [-0.4, -0.2) is 32.6 Å². The number of aromatic nitrogens is 2. The van der Waals surface area contributed by atoms with Crippen molar-refractivity contribution in [2.75, 3.05) is 0 Å². The van der Waals surface area contributed by atoms with Crippen LogP contribution in [0.3, 0.4) is 0 Å². The third-order valence-corrected chi connectivity index (χ3v) is 5.37. The summed E-state index contributed by atoms with van der Waals surface area (Å²) in [5.74, 6) is -0.504. The van der Waals surface area contributed by atoms with Crippen LogP contribution in [0.15, 0.2) is 42.9 Å². The van der Waals surface area contributed by atoms with Crippen LogP contribution in [0.25, 0.3) is 0 Å². The van der Waals surface area contributed by atoms with Gasteiger partial charge in [-0.05, 0) is 70.7 Å². The van der Waals surface area contributed by atoms with Gasteiger partial charge >= 0.3 is 5.97 Å². The topological polar surface area (TPSA) is 97.2 Å². The summed E-state index contributed by atoms with van der Waals surface area (Å²) in [5, 5.41) is 8.31. The van der Waals surface area contributed by atoms with Crippen molar-refractivity contribution < 1.29 is 19.5 Å². The van der Waals surface area contributed by atoms with Crippen LogP contribution in [0.2, 0.25) is 0 Å². The molecule has 2 heterocycles. The summed E-state index contributed by atoms with van der Waals surface area (Å²) < 4.78 is 0. The normalized spacial score (nSPS) is 16.8. The van der Waals surface area contributed by atoms with Gasteiger partial charge in [-0.15, -0.1) is 0 Å². The molecular formula is C23H28N2O4. The first kappa shape index (κ1) is 22.4. The SMILES string of the molecule is CC(=O)c1ccc(C2(C)CC2)nc1.CC(=O)c1cccnc1.CC1(C(=O)O)CC1. The number of nitrogens with zero attached hydrogens (tertiary/aromatic N) is 2. The van der Waals surface area contributed by atoms with Crippen molar-refractivity contribution in [1.82, 2.24) is 9.97 Å². The van der Waals surface area contributed by atoms with Gasteiger partial charge in [-0.2, -0.15) is 0 Å². The predicted octanol–water partition coefficient (Wildman–Crippen LogP) is 4.49. The minimum absolute atomic E-state index is 0.0584. The van der Waals surface area contributed by atoms with Gasteiger partial charge in [0, 0.05) is 40.8 Å². The first-order valence-electron chi connectivity index (χ1n) is 9.69. The van der Waals surface area contributed by atoms with Crippen LogP contribution in [0.1, 0.15) is 79.8 Å². The Balaban J connectivity index is 0.000000164. The molecule has 0 amide bonds. The lowest BCUT2D eigenvalue weighted by atomic mass is 10.0. The Morgan fingerprint density at radius 1 is 0.897 bits per heavy atom. The van der Waals surface area contributed by atoms with Gasteiger partial charge in [0.15, 0.2) is 11.6 Å². The summed E-state index contributed by atoms with van der Waals surface area (Å²) in [6.45, 7) is 7.07. The summed E-state index contributed by atoms with van der Waals surface area (Å²) in [7, 11) is 0. The number of pyridine rings is 2. The molecule has 154 valence electrons. The van der Waals surface area contributed by atoms with E-state index in [1.165, 1.54) is 19.8 Å². The van der Waals surface area contributed by atoms with Crippen molar-refractivity contribution in [2.24, 2.45) is 5.41 Å². The molecule has 0 bridgehead atoms. The molecule has 2 aromatic heterocycles. The molecule has 0 aromatic carbocycles. The minimum Gasteiger partial charge on any atom is -0.481 e. The second-order valence-electron chi connectivity index (χ2n) is 8.21. The van der Waals surface area contributed by atoms with Gasteiger partial charge in [-0.3, -0.25) is 24.4 Å². The van der Waals surface area contributed by atoms with Crippen LogP contribution in [-0.2, 0) is 10.2 Å². The second-order valence-corrected chi connectivity index (χ2v) is 8.21. The molecule has 2 aliphatic rings. The maximum Gasteiger partial charge on any atom is 0.309 e. The summed E-state index contributed by atoms with van der Waals surface area (Å²) in [6, 6.07) is 7.34. The number of carbonyl (C=O) groups is 3. The van der Waals surface area contributed by atoms with E-state index < -0.39 is 5.97 Å². The number of aliphatic carboxylic acids is 1. The number of ketones is 2. The molecule has 0 unspecified atom stereocenters. The molecule has 29 heavy (non-hydrogen) atoms. The van der Waals surface area contributed by atoms with Crippen molar-refractivity contribution in [2.45, 2.75) is 58.8 Å². The summed E-state index contributed by atoms with van der Waals surface area (Å²) in [4.78, 5) is 39.8. The van der Waals surface area contributed by atoms with Crippen LogP contribution in [0.5, 0.6) is 0 Å². The van der Waals surface area contributed by atoms with Gasteiger partial charge in [-0.1, -0.05) is 6.92 Å². The van der Waals surface area contributed by atoms with Gasteiger partial charge in [0.05, 0.1) is 5.41 Å². The van der Waals surface area contributed by atoms with Crippen molar-refractivity contribution in [1.29, 1.82) is 0 Å². The fourth-order valence-corrected chi connectivity index (χ4v) is 2.38. The van der Waals surface area contributed by atoms with Crippen molar-refractivity contribution in [3.63, 3.8) is 0 Å². The highest BCUT2D eigenvalue weighted by atomic mass is 16.4. The average Bonchev–Trinajstić information content (AvgIpc) is 3.63. The monoisotopic (exact) mass is 396 g/mol. The van der Waals surface area contributed by atoms with Gasteiger partial charge in [0.2, 0.25) is 0 Å². The molecule has 0 radical (unpaired) electrons. The zero-order chi connectivity index (χ0) is 21.7. The molecule has 2 aliphatic carbocycles. The number of carboxylic acid groups (broad SMARTS) is 1. The Hall–Kier alpha value is -2.89. The van der Waals surface area contributed by atoms with E-state index in [0.29, 0.717) is 16.5 Å². The van der Waals surface area contributed by atoms with E-state index >= 15 is 0 Å². The van der Waals surface area contributed by atoms with Gasteiger partial charge < -0.3 is 5.11 Å². The highest BCUT2D eigenvalue weighted by molar-refractivity contribution is 5.94. The summed E-state index contributed by atoms with van der Waals surface area (Å²) in [6.07, 6.45) is 9.06. The Morgan fingerprint density at radius 3 is 1.76 bits per heavy atom. The molecule has 0 saturated heterocycles. The lowest BCUT2D eigenvalue weighted by Crippen LogP contribution is -2.08. The number of carbonyl (C=O) groups excluding carboxylic acids is 2. The lowest BCUT2D eigenvalue weighted by molar-refractivity contribution is -0.142. The zero-order valence-electron chi connectivity index (χ0n) is 17.4. The number of hydrogen-bond acceptors (Lipinski definition) is 5. The molecule has 2 saturated carbocycles. The molecule has 0 atom stereocenters. The quantitative estimate of drug-likeness (QED) is 0.765. The third kappa shape index (κ3) is 6.59. The highest BCUT2D eigenvalue weighted by Gasteiger charge is 2.45. The summed E-state index contributed by atoms with van der Waals surface area (Å²) >= 11 is 0. The van der Waals surface area contributed by atoms with Crippen molar-refractivity contribution in [3.8, 4) is 0 Å². The molecule has 0 aliphatic heterocycles. The van der Waals surface area contributed by atoms with Crippen molar-refractivity contribution >= 4 is 17.5 Å². The predicted molar refractivity (Wildman–Crippen MR) is 110 cm³/mol. The Labute approximate surface area is 171 Å². The molecule has 1 N–H and O–H groups in total. The molecular weight excluding hydrogens is 368 g/mol. The van der Waals surface area contributed by atoms with E-state index in [1.54, 1.807) is 44.6 Å². The molecule has 6 nitrogen and oxygen atoms in total. The molecule has 2 fully saturated rings. The third-order valence-electron chi connectivity index (χ3n) is 5.37. The Bertz CT molecular complexity index is 868. The standard InChI is InChI=1S/C11H13NO.C7H7NO.C5H8O2/c1-8(13)9-3-4-10(12-7-9)11(2)5-6-11;1-6(9)7-3-2-4-8-5-7;1-5(2-3-5)4(6)7/h3-4,7H,5-6H2,1-2H3;2-5H,1H3;2-3H2,1H3,(H,6,7). The number of rotatable bonds is 4. The lowest BCUT2D eigenvalue weighted by Gasteiger charge is -2.06. The molecule has 2 aromatic rings. The Morgan fingerprint density at radius 2 is 1.48 bits per heavy atom. The van der Waals surface area contributed by atoms with Crippen LogP contribution in [0.4, 0.5) is 0 Å². The Kier molecular flexibility index (Phi) is 7.01. The smallest absolute Gasteiger partial charge is 0.309 e. The van der Waals surface area contributed by atoms with Crippen LogP contribution >= 0.6 is 0 Å². The fourth-order valence-electron chi connectivity index (χ4n) is 2.38. The van der Waals surface area contributed by atoms with Gasteiger partial charge in [-0.25, -0.2) is 0 Å². The number of hydrogen-bond donors (Lipinski definition) is 1. The zero-order valence-corrected chi connectivity index (χ0v) is 17.4. The fraction of sp³-hybridized carbons (Fsp3) is 0.435. The van der Waals surface area contributed by atoms with E-state index in [4.69, 9.17) is 5.11 Å². The number of carboxylic acids is 1. The largest absolute Gasteiger partial charge is 0.481 e. The van der Waals surface area contributed by atoms with Crippen LogP contribution in [0, 0.1) is 5.41 Å². The van der Waals surface area contributed by atoms with E-state index in [9.17, 15) is 14.4 Å². The van der Waals surface area contributed by atoms with Crippen LogP contribution < -0.4 is 0 Å². The number of Topliss-reactive ketones (excluding diaryl/α,β-unsaturated/α-hetero) is 2. The molecule has 0 spiro atoms. The second kappa shape index (κ2) is 9.07. The maximum atomic E-state index is 11.0. The summed E-state index contributed by atoms with van der Waals surface area (Å²) in [5.41, 5.74) is 2.46. The maximum absolute atomic E-state index is 11.0. The molecule has 4 rings (SSSR count). The molecule has 6 heteroatoms. The first-order chi connectivity index (χ1) is 13.6.